The van der Waals surface area contributed by atoms with Crippen molar-refractivity contribution in [3.63, 3.8) is 0 Å². The van der Waals surface area contributed by atoms with Crippen molar-refractivity contribution in [1.82, 2.24) is 20.0 Å². The van der Waals surface area contributed by atoms with Gasteiger partial charge < -0.3 is 19.6 Å². The molecule has 3 aromatic rings. The van der Waals surface area contributed by atoms with Crippen LogP contribution in [-0.2, 0) is 17.1 Å². The minimum absolute atomic E-state index is 0.0353. The second-order valence-electron chi connectivity index (χ2n) is 10.0. The summed E-state index contributed by atoms with van der Waals surface area (Å²) in [6.07, 6.45) is -2.94. The summed E-state index contributed by atoms with van der Waals surface area (Å²) >= 11 is 0. The summed E-state index contributed by atoms with van der Waals surface area (Å²) in [7, 11) is 1.83. The summed E-state index contributed by atoms with van der Waals surface area (Å²) in [4.78, 5) is 10.3. The van der Waals surface area contributed by atoms with Gasteiger partial charge in [-0.2, -0.15) is 26.9 Å². The lowest BCUT2D eigenvalue weighted by Gasteiger charge is -2.55. The molecule has 1 fully saturated rings. The van der Waals surface area contributed by atoms with Crippen molar-refractivity contribution >= 4 is 0 Å². The molecular formula is C24H25F5N4O3. The Labute approximate surface area is 203 Å². The molecule has 7 nitrogen and oxygen atoms in total. The lowest BCUT2D eigenvalue weighted by Crippen LogP contribution is -2.63. The van der Waals surface area contributed by atoms with Gasteiger partial charge in [0, 0.05) is 47.6 Å². The summed E-state index contributed by atoms with van der Waals surface area (Å²) in [6.45, 7) is 5.56. The Morgan fingerprint density at radius 2 is 1.53 bits per heavy atom. The third-order valence-electron chi connectivity index (χ3n) is 6.50. The van der Waals surface area contributed by atoms with Crippen LogP contribution in [-0.4, -0.2) is 56.6 Å². The van der Waals surface area contributed by atoms with E-state index in [2.05, 4.69) is 15.1 Å². The van der Waals surface area contributed by atoms with Crippen molar-refractivity contribution in [2.75, 3.05) is 20.1 Å². The van der Waals surface area contributed by atoms with Crippen molar-refractivity contribution in [3.8, 4) is 11.4 Å². The third kappa shape index (κ3) is 4.16. The van der Waals surface area contributed by atoms with Crippen molar-refractivity contribution < 1.29 is 36.7 Å². The molecule has 0 aliphatic carbocycles. The lowest BCUT2D eigenvalue weighted by atomic mass is 9.62. The van der Waals surface area contributed by atoms with Crippen molar-refractivity contribution in [3.05, 3.63) is 65.3 Å². The van der Waals surface area contributed by atoms with Crippen molar-refractivity contribution in [2.45, 2.75) is 44.1 Å². The second kappa shape index (κ2) is 8.29. The molecule has 1 aliphatic rings. The zero-order chi connectivity index (χ0) is 26.7. The van der Waals surface area contributed by atoms with Crippen LogP contribution in [0.15, 0.2) is 47.2 Å². The predicted molar refractivity (Wildman–Crippen MR) is 118 cm³/mol. The van der Waals surface area contributed by atoms with Crippen molar-refractivity contribution in [2.24, 2.45) is 5.41 Å². The molecular weight excluding hydrogens is 487 g/mol. The van der Waals surface area contributed by atoms with Crippen LogP contribution < -0.4 is 0 Å². The van der Waals surface area contributed by atoms with Crippen LogP contribution >= 0.6 is 0 Å². The van der Waals surface area contributed by atoms with Gasteiger partial charge in [0.05, 0.1) is 0 Å². The van der Waals surface area contributed by atoms with E-state index in [-0.39, 0.29) is 22.8 Å². The number of hydrogen-bond acceptors (Lipinski definition) is 7. The average molecular weight is 512 g/mol. The Morgan fingerprint density at radius 3 is 2.03 bits per heavy atom. The van der Waals surface area contributed by atoms with E-state index < -0.39 is 34.3 Å². The molecule has 0 amide bonds. The van der Waals surface area contributed by atoms with E-state index in [1.165, 1.54) is 26.2 Å². The summed E-state index contributed by atoms with van der Waals surface area (Å²) < 4.78 is 71.4. The fourth-order valence-corrected chi connectivity index (χ4v) is 4.67. The zero-order valence-electron chi connectivity index (χ0n) is 19.9. The highest BCUT2D eigenvalue weighted by atomic mass is 19.4. The van der Waals surface area contributed by atoms with Gasteiger partial charge in [-0.3, -0.25) is 4.98 Å². The van der Waals surface area contributed by atoms with Crippen LogP contribution in [0.5, 0.6) is 0 Å². The Balaban J connectivity index is 1.80. The highest BCUT2D eigenvalue weighted by Gasteiger charge is 2.59. The van der Waals surface area contributed by atoms with Crippen LogP contribution in [0.1, 0.15) is 43.4 Å². The SMILES string of the molecule is CN1CC(C)([C@](O)(c2ccc(C(F)(F)C(F)(F)F)cc2)c2cncc(-c3noc(C(C)(C)O)n3)c2)C1. The predicted octanol–water partition coefficient (Wildman–Crippen LogP) is 4.20. The number of benzene rings is 1. The first-order chi connectivity index (χ1) is 16.5. The molecule has 12 heteroatoms. The van der Waals surface area contributed by atoms with Crippen LogP contribution in [0.2, 0.25) is 0 Å². The standard InChI is InChI=1S/C24H25F5N4O3/c1-20(2,34)19-31-18(32-36-19)14-9-17(11-30-10-14)22(35,21(3)12-33(4)13-21)15-5-7-16(8-6-15)23(25,26)24(27,28)29/h5-11,34-35H,12-13H2,1-4H3/t22-/m0/s1. The van der Waals surface area contributed by atoms with E-state index in [0.29, 0.717) is 30.8 Å². The Kier molecular flexibility index (Phi) is 6.01. The highest BCUT2D eigenvalue weighted by molar-refractivity contribution is 5.56. The Morgan fingerprint density at radius 1 is 0.944 bits per heavy atom. The Hall–Kier alpha value is -2.96. The number of aliphatic hydroxyl groups is 2. The molecule has 1 aliphatic heterocycles. The topological polar surface area (TPSA) is 95.5 Å². The molecule has 0 saturated carbocycles. The van der Waals surface area contributed by atoms with Gasteiger partial charge in [-0.25, -0.2) is 0 Å². The first kappa shape index (κ1) is 26.1. The molecule has 1 aromatic carbocycles. The minimum atomic E-state index is -5.75. The average Bonchev–Trinajstić information content (AvgIpc) is 3.28. The van der Waals surface area contributed by atoms with E-state index in [9.17, 15) is 32.2 Å². The maximum Gasteiger partial charge on any atom is 0.458 e. The molecule has 36 heavy (non-hydrogen) atoms. The van der Waals surface area contributed by atoms with E-state index >= 15 is 0 Å². The molecule has 2 aromatic heterocycles. The maximum atomic E-state index is 13.9. The van der Waals surface area contributed by atoms with E-state index in [0.717, 1.165) is 12.1 Å². The van der Waals surface area contributed by atoms with Crippen LogP contribution in [0, 0.1) is 5.41 Å². The van der Waals surface area contributed by atoms with E-state index in [1.54, 1.807) is 13.0 Å². The van der Waals surface area contributed by atoms with Gasteiger partial charge in [0.2, 0.25) is 5.82 Å². The summed E-state index contributed by atoms with van der Waals surface area (Å²) in [5.41, 5.74) is -4.51. The van der Waals surface area contributed by atoms with Crippen molar-refractivity contribution in [1.29, 1.82) is 0 Å². The normalized spacial score (nSPS) is 18.5. The van der Waals surface area contributed by atoms with Crippen LogP contribution in [0.4, 0.5) is 22.0 Å². The fraction of sp³-hybridized carbons (Fsp3) is 0.458. The number of halogens is 5. The molecule has 0 bridgehead atoms. The number of rotatable bonds is 6. The Bertz CT molecular complexity index is 1250. The number of hydrogen-bond donors (Lipinski definition) is 2. The van der Waals surface area contributed by atoms with Gasteiger partial charge in [0.15, 0.2) is 0 Å². The van der Waals surface area contributed by atoms with Gasteiger partial charge in [0.25, 0.3) is 5.89 Å². The minimum Gasteiger partial charge on any atom is -0.381 e. The molecule has 1 atom stereocenters. The third-order valence-corrected chi connectivity index (χ3v) is 6.50. The van der Waals surface area contributed by atoms with Crippen LogP contribution in [0.3, 0.4) is 0 Å². The zero-order valence-corrected chi connectivity index (χ0v) is 19.9. The first-order valence-electron chi connectivity index (χ1n) is 11.0. The lowest BCUT2D eigenvalue weighted by molar-refractivity contribution is -0.289. The van der Waals surface area contributed by atoms with Gasteiger partial charge in [-0.1, -0.05) is 36.3 Å². The monoisotopic (exact) mass is 512 g/mol. The molecule has 4 rings (SSSR count). The smallest absolute Gasteiger partial charge is 0.381 e. The summed E-state index contributed by atoms with van der Waals surface area (Å²) in [6, 6.07) is 5.04. The molecule has 0 unspecified atom stereocenters. The molecule has 2 N–H and O–H groups in total. The molecule has 0 spiro atoms. The van der Waals surface area contributed by atoms with Gasteiger partial charge >= 0.3 is 12.1 Å². The van der Waals surface area contributed by atoms with Crippen LogP contribution in [0.25, 0.3) is 11.4 Å². The summed E-state index contributed by atoms with van der Waals surface area (Å²) in [5.74, 6) is -4.98. The number of alkyl halides is 5. The molecule has 3 heterocycles. The first-order valence-corrected chi connectivity index (χ1v) is 11.0. The number of pyridine rings is 1. The van der Waals surface area contributed by atoms with E-state index in [1.807, 2.05) is 11.9 Å². The van der Waals surface area contributed by atoms with E-state index in [4.69, 9.17) is 4.52 Å². The number of nitrogens with zero attached hydrogens (tertiary/aromatic N) is 4. The molecule has 194 valence electrons. The molecule has 1 saturated heterocycles. The quantitative estimate of drug-likeness (QED) is 0.478. The van der Waals surface area contributed by atoms with Gasteiger partial charge in [-0.05, 0) is 32.5 Å². The largest absolute Gasteiger partial charge is 0.458 e. The number of likely N-dealkylation sites (tertiary alicyclic amines) is 1. The van der Waals surface area contributed by atoms with Gasteiger partial charge in [0.1, 0.15) is 11.2 Å². The highest BCUT2D eigenvalue weighted by Crippen LogP contribution is 2.51. The maximum absolute atomic E-state index is 13.9. The number of aromatic nitrogens is 3. The summed E-state index contributed by atoms with van der Waals surface area (Å²) in [5, 5.41) is 26.1. The second-order valence-corrected chi connectivity index (χ2v) is 10.0. The fourth-order valence-electron chi connectivity index (χ4n) is 4.67. The van der Waals surface area contributed by atoms with Gasteiger partial charge in [-0.15, -0.1) is 0 Å². The molecule has 0 radical (unpaired) electrons.